The molecule has 1 saturated heterocycles. The third-order valence-corrected chi connectivity index (χ3v) is 5.22. The van der Waals surface area contributed by atoms with Crippen LogP contribution in [0.3, 0.4) is 0 Å². The molecule has 18 heavy (non-hydrogen) atoms. The summed E-state index contributed by atoms with van der Waals surface area (Å²) in [5.74, 6) is -0.0145. The molecule has 1 aliphatic rings. The molecule has 106 valence electrons. The molecular formula is C11H23N3O3S. The van der Waals surface area contributed by atoms with Gasteiger partial charge < -0.3 is 11.1 Å². The van der Waals surface area contributed by atoms with Crippen LogP contribution in [-0.4, -0.2) is 49.6 Å². The van der Waals surface area contributed by atoms with Crippen LogP contribution in [0.15, 0.2) is 0 Å². The van der Waals surface area contributed by atoms with E-state index in [2.05, 4.69) is 5.32 Å². The molecule has 1 rings (SSSR count). The smallest absolute Gasteiger partial charge is 0.237 e. The summed E-state index contributed by atoms with van der Waals surface area (Å²) in [6.45, 7) is 4.45. The van der Waals surface area contributed by atoms with E-state index in [1.165, 1.54) is 4.31 Å². The first-order chi connectivity index (χ1) is 8.40. The fourth-order valence-electron chi connectivity index (χ4n) is 1.95. The second-order valence-electron chi connectivity index (χ2n) is 4.60. The Hall–Kier alpha value is -0.660. The van der Waals surface area contributed by atoms with Crippen molar-refractivity contribution in [2.75, 3.05) is 18.8 Å². The molecule has 1 aliphatic heterocycles. The van der Waals surface area contributed by atoms with Gasteiger partial charge in [0.25, 0.3) is 0 Å². The molecular weight excluding hydrogens is 254 g/mol. The van der Waals surface area contributed by atoms with Crippen LogP contribution >= 0.6 is 0 Å². The summed E-state index contributed by atoms with van der Waals surface area (Å²) in [5, 5.41) is 2.87. The fourth-order valence-corrected chi connectivity index (χ4v) is 3.09. The van der Waals surface area contributed by atoms with Crippen LogP contribution in [0, 0.1) is 0 Å². The van der Waals surface area contributed by atoms with E-state index in [4.69, 9.17) is 5.73 Å². The number of sulfonamides is 1. The molecule has 0 aromatic heterocycles. The summed E-state index contributed by atoms with van der Waals surface area (Å²) >= 11 is 0. The second kappa shape index (κ2) is 6.49. The van der Waals surface area contributed by atoms with Gasteiger partial charge >= 0.3 is 0 Å². The third kappa shape index (κ3) is 3.93. The highest BCUT2D eigenvalue weighted by atomic mass is 32.2. The number of hydrogen-bond acceptors (Lipinski definition) is 4. The van der Waals surface area contributed by atoms with Gasteiger partial charge in [0.15, 0.2) is 0 Å². The maximum absolute atomic E-state index is 11.7. The number of carbonyl (C=O) groups excluding carboxylic acids is 1. The van der Waals surface area contributed by atoms with Crippen LogP contribution < -0.4 is 11.1 Å². The first kappa shape index (κ1) is 15.4. The first-order valence-electron chi connectivity index (χ1n) is 6.44. The van der Waals surface area contributed by atoms with Crippen LogP contribution in [0.2, 0.25) is 0 Å². The van der Waals surface area contributed by atoms with Crippen molar-refractivity contribution in [3.8, 4) is 0 Å². The van der Waals surface area contributed by atoms with Crippen LogP contribution in [0.4, 0.5) is 0 Å². The zero-order chi connectivity index (χ0) is 13.8. The zero-order valence-corrected chi connectivity index (χ0v) is 11.9. The normalized spacial score (nSPS) is 20.6. The Bertz CT molecular complexity index is 375. The van der Waals surface area contributed by atoms with Crippen molar-refractivity contribution in [3.63, 3.8) is 0 Å². The lowest BCUT2D eigenvalue weighted by Gasteiger charge is -2.31. The third-order valence-electron chi connectivity index (χ3n) is 3.34. The van der Waals surface area contributed by atoms with Gasteiger partial charge in [0.2, 0.25) is 15.9 Å². The van der Waals surface area contributed by atoms with Gasteiger partial charge in [-0.05, 0) is 26.2 Å². The second-order valence-corrected chi connectivity index (χ2v) is 6.85. The molecule has 1 heterocycles. The Morgan fingerprint density at radius 1 is 1.39 bits per heavy atom. The summed E-state index contributed by atoms with van der Waals surface area (Å²) in [6.07, 6.45) is 1.91. The van der Waals surface area contributed by atoms with E-state index in [1.54, 1.807) is 6.92 Å². The van der Waals surface area contributed by atoms with Crippen molar-refractivity contribution < 1.29 is 13.2 Å². The lowest BCUT2D eigenvalue weighted by Crippen LogP contribution is -2.50. The number of carbonyl (C=O) groups is 1. The minimum atomic E-state index is -3.10. The van der Waals surface area contributed by atoms with Gasteiger partial charge in [-0.3, -0.25) is 4.79 Å². The summed E-state index contributed by atoms with van der Waals surface area (Å²) < 4.78 is 24.8. The number of rotatable bonds is 5. The summed E-state index contributed by atoms with van der Waals surface area (Å²) in [6, 6.07) is -0.430. The average Bonchev–Trinajstić information content (AvgIpc) is 2.38. The standard InChI is InChI=1S/C11H23N3O3S/c1-3-10(12)11(15)13-9-5-7-14(8-6-9)18(16,17)4-2/h9-10H,3-8,12H2,1-2H3,(H,13,15)/t10-/m1/s1. The molecule has 0 aromatic rings. The predicted octanol–water partition coefficient (Wildman–Crippen LogP) is -0.346. The topological polar surface area (TPSA) is 92.5 Å². The average molecular weight is 277 g/mol. The van der Waals surface area contributed by atoms with Crippen molar-refractivity contribution in [1.82, 2.24) is 9.62 Å². The maximum atomic E-state index is 11.7. The molecule has 6 nitrogen and oxygen atoms in total. The fraction of sp³-hybridized carbons (Fsp3) is 0.909. The molecule has 1 fully saturated rings. The van der Waals surface area contributed by atoms with E-state index in [-0.39, 0.29) is 17.7 Å². The molecule has 0 aliphatic carbocycles. The Morgan fingerprint density at radius 2 is 1.94 bits per heavy atom. The van der Waals surface area contributed by atoms with Gasteiger partial charge in [-0.1, -0.05) is 6.92 Å². The number of piperidine rings is 1. The van der Waals surface area contributed by atoms with Gasteiger partial charge in [-0.25, -0.2) is 12.7 Å². The Morgan fingerprint density at radius 3 is 2.39 bits per heavy atom. The molecule has 1 atom stereocenters. The van der Waals surface area contributed by atoms with E-state index in [9.17, 15) is 13.2 Å². The monoisotopic (exact) mass is 277 g/mol. The Kier molecular flexibility index (Phi) is 5.55. The lowest BCUT2D eigenvalue weighted by atomic mass is 10.1. The minimum Gasteiger partial charge on any atom is -0.352 e. The number of nitrogens with zero attached hydrogens (tertiary/aromatic N) is 1. The van der Waals surface area contributed by atoms with Crippen molar-refractivity contribution in [1.29, 1.82) is 0 Å². The SMILES string of the molecule is CC[C@@H](N)C(=O)NC1CCN(S(=O)(=O)CC)CC1. The van der Waals surface area contributed by atoms with Crippen LogP contribution in [0.25, 0.3) is 0 Å². The number of nitrogens with two attached hydrogens (primary N) is 1. The largest absolute Gasteiger partial charge is 0.352 e. The van der Waals surface area contributed by atoms with Crippen LogP contribution in [0.1, 0.15) is 33.1 Å². The Labute approximate surface area is 109 Å². The Balaban J connectivity index is 2.43. The maximum Gasteiger partial charge on any atom is 0.237 e. The predicted molar refractivity (Wildman–Crippen MR) is 70.5 cm³/mol. The molecule has 0 spiro atoms. The number of nitrogens with one attached hydrogen (secondary N) is 1. The van der Waals surface area contributed by atoms with Gasteiger partial charge in [0.1, 0.15) is 0 Å². The lowest BCUT2D eigenvalue weighted by molar-refractivity contribution is -0.123. The first-order valence-corrected chi connectivity index (χ1v) is 8.05. The van der Waals surface area contributed by atoms with Crippen molar-refractivity contribution in [3.05, 3.63) is 0 Å². The summed E-state index contributed by atoms with van der Waals surface area (Å²) in [4.78, 5) is 11.6. The van der Waals surface area contributed by atoms with Gasteiger partial charge in [-0.2, -0.15) is 0 Å². The van der Waals surface area contributed by atoms with E-state index in [0.29, 0.717) is 32.4 Å². The van der Waals surface area contributed by atoms with Gasteiger partial charge in [0, 0.05) is 19.1 Å². The van der Waals surface area contributed by atoms with Gasteiger partial charge in [-0.15, -0.1) is 0 Å². The molecule has 0 saturated carbocycles. The highest BCUT2D eigenvalue weighted by Gasteiger charge is 2.27. The van der Waals surface area contributed by atoms with Crippen LogP contribution in [-0.2, 0) is 14.8 Å². The van der Waals surface area contributed by atoms with E-state index >= 15 is 0 Å². The van der Waals surface area contributed by atoms with Crippen molar-refractivity contribution in [2.45, 2.75) is 45.2 Å². The van der Waals surface area contributed by atoms with Crippen molar-refractivity contribution in [2.24, 2.45) is 5.73 Å². The molecule has 0 bridgehead atoms. The summed E-state index contributed by atoms with van der Waals surface area (Å²) in [7, 11) is -3.10. The molecule has 1 amide bonds. The van der Waals surface area contributed by atoms with Crippen LogP contribution in [0.5, 0.6) is 0 Å². The molecule has 3 N–H and O–H groups in total. The highest BCUT2D eigenvalue weighted by molar-refractivity contribution is 7.89. The highest BCUT2D eigenvalue weighted by Crippen LogP contribution is 2.14. The minimum absolute atomic E-state index is 0.0402. The zero-order valence-electron chi connectivity index (χ0n) is 11.1. The molecule has 0 aromatic carbocycles. The number of hydrogen-bond donors (Lipinski definition) is 2. The van der Waals surface area contributed by atoms with E-state index in [1.807, 2.05) is 6.92 Å². The number of amides is 1. The molecule has 0 unspecified atom stereocenters. The summed E-state index contributed by atoms with van der Waals surface area (Å²) in [5.41, 5.74) is 5.63. The molecule has 0 radical (unpaired) electrons. The van der Waals surface area contributed by atoms with Crippen molar-refractivity contribution >= 4 is 15.9 Å². The molecule has 7 heteroatoms. The van der Waals surface area contributed by atoms with E-state index in [0.717, 1.165) is 0 Å². The van der Waals surface area contributed by atoms with Gasteiger partial charge in [0.05, 0.1) is 11.8 Å². The quantitative estimate of drug-likeness (QED) is 0.718. The van der Waals surface area contributed by atoms with E-state index < -0.39 is 16.1 Å².